The molecule has 0 aliphatic heterocycles. The Morgan fingerprint density at radius 1 is 0.625 bits per heavy atom. The van der Waals surface area contributed by atoms with E-state index in [2.05, 4.69) is 32.1 Å². The summed E-state index contributed by atoms with van der Waals surface area (Å²) in [4.78, 5) is 37.5. The number of unbranched alkanes of at least 4 members (excludes halogenated alkanes) is 18. The molecule has 0 aliphatic rings. The maximum Gasteiger partial charge on any atom is 0.306 e. The molecule has 4 atom stereocenters. The highest BCUT2D eigenvalue weighted by molar-refractivity contribution is 7.45. The van der Waals surface area contributed by atoms with Gasteiger partial charge in [0.2, 0.25) is 0 Å². The van der Waals surface area contributed by atoms with E-state index in [1.54, 1.807) is 0 Å². The Labute approximate surface area is 342 Å². The van der Waals surface area contributed by atoms with Crippen LogP contribution in [-0.2, 0) is 32.7 Å². The van der Waals surface area contributed by atoms with Gasteiger partial charge in [-0.2, -0.15) is 0 Å². The van der Waals surface area contributed by atoms with E-state index in [9.17, 15) is 29.3 Å². The molecule has 0 heterocycles. The minimum absolute atomic E-state index is 0.0562. The van der Waals surface area contributed by atoms with Gasteiger partial charge in [0.15, 0.2) is 6.10 Å². The average molecular weight is 818 g/mol. The van der Waals surface area contributed by atoms with Crippen LogP contribution in [0.3, 0.4) is 0 Å². The molecule has 2 N–H and O–H groups in total. The van der Waals surface area contributed by atoms with Crippen molar-refractivity contribution in [2.75, 3.05) is 47.5 Å². The van der Waals surface area contributed by atoms with E-state index in [0.29, 0.717) is 36.7 Å². The summed E-state index contributed by atoms with van der Waals surface area (Å²) in [7, 11) is 1.08. The van der Waals surface area contributed by atoms with Gasteiger partial charge in [0.1, 0.15) is 19.8 Å². The van der Waals surface area contributed by atoms with Crippen molar-refractivity contribution >= 4 is 19.8 Å². The predicted molar refractivity (Wildman–Crippen MR) is 225 cm³/mol. The molecule has 0 aromatic carbocycles. The molecule has 0 amide bonds. The van der Waals surface area contributed by atoms with Gasteiger partial charge in [-0.05, 0) is 64.2 Å². The Bertz CT molecular complexity index is 1050. The van der Waals surface area contributed by atoms with Gasteiger partial charge in [-0.15, -0.1) is 0 Å². The molecule has 0 aromatic rings. The van der Waals surface area contributed by atoms with Gasteiger partial charge >= 0.3 is 11.9 Å². The lowest BCUT2D eigenvalue weighted by Crippen LogP contribution is -2.37. The number of phosphoric acid groups is 1. The number of carbonyl (C=O) groups excluding carboxylic acids is 2. The molecule has 12 heteroatoms. The Balaban J connectivity index is 4.47. The van der Waals surface area contributed by atoms with Gasteiger partial charge in [0.05, 0.1) is 40.0 Å². The lowest BCUT2D eigenvalue weighted by atomic mass is 10.0. The summed E-state index contributed by atoms with van der Waals surface area (Å²) in [5.74, 6) is -0.949. The van der Waals surface area contributed by atoms with E-state index >= 15 is 0 Å². The number of carbonyl (C=O) groups is 2. The second kappa shape index (κ2) is 36.5. The summed E-state index contributed by atoms with van der Waals surface area (Å²) >= 11 is 0. The summed E-state index contributed by atoms with van der Waals surface area (Å²) in [5, 5.41) is 20.4. The SMILES string of the molecule is CCCCC/C=C\C[C@@H](O)[C@H](O)CCCCCCCC(=O)OC[C@H](COP(=O)([O-])OCC[N+](C)(C)C)OC(=O)CCCCCCCCC/C=C\CCCCCC. The van der Waals surface area contributed by atoms with Crippen LogP contribution in [0.25, 0.3) is 0 Å². The van der Waals surface area contributed by atoms with Gasteiger partial charge in [-0.3, -0.25) is 14.2 Å². The summed E-state index contributed by atoms with van der Waals surface area (Å²) in [6.07, 6.45) is 30.8. The van der Waals surface area contributed by atoms with Crippen molar-refractivity contribution in [3.63, 3.8) is 0 Å². The smallest absolute Gasteiger partial charge is 0.306 e. The van der Waals surface area contributed by atoms with E-state index in [0.717, 1.165) is 64.2 Å². The third-order valence-electron chi connectivity index (χ3n) is 9.64. The minimum atomic E-state index is -4.66. The van der Waals surface area contributed by atoms with Crippen molar-refractivity contribution in [1.82, 2.24) is 0 Å². The monoisotopic (exact) mass is 818 g/mol. The number of esters is 2. The topological polar surface area (TPSA) is 152 Å². The van der Waals surface area contributed by atoms with Crippen molar-refractivity contribution in [2.45, 2.75) is 199 Å². The normalized spacial score (nSPS) is 14.9. The van der Waals surface area contributed by atoms with Crippen molar-refractivity contribution in [3.05, 3.63) is 24.3 Å². The number of likely N-dealkylation sites (N-methyl/N-ethyl adjacent to an activating group) is 1. The van der Waals surface area contributed by atoms with Crippen molar-refractivity contribution < 1.29 is 52.3 Å². The number of phosphoric ester groups is 1. The summed E-state index contributed by atoms with van der Waals surface area (Å²) < 4.78 is 33.8. The first-order valence-electron chi connectivity index (χ1n) is 22.2. The molecule has 0 fully saturated rings. The fourth-order valence-corrected chi connectivity index (χ4v) is 6.69. The van der Waals surface area contributed by atoms with Crippen LogP contribution in [0.2, 0.25) is 0 Å². The zero-order chi connectivity index (χ0) is 41.8. The number of hydrogen-bond donors (Lipinski definition) is 2. The quantitative estimate of drug-likeness (QED) is 0.0201. The van der Waals surface area contributed by atoms with Crippen LogP contribution in [0.5, 0.6) is 0 Å². The van der Waals surface area contributed by atoms with Gasteiger partial charge < -0.3 is 38.1 Å². The standard InChI is InChI=1S/C44H84NO10P/c1-6-8-10-12-14-15-16-17-18-19-20-21-22-26-31-35-44(49)55-40(39-54-56(50,51)53-37-36-45(3,4)5)38-52-43(48)34-30-27-23-25-29-33-42(47)41(46)32-28-24-13-11-9-7-2/h15-16,24,28,40-42,46-47H,6-14,17-23,25-27,29-39H2,1-5H3/b16-15-,28-24-/t40-,41-,42-/m1/s1. The molecular weight excluding hydrogens is 733 g/mol. The average Bonchev–Trinajstić information content (AvgIpc) is 3.14. The lowest BCUT2D eigenvalue weighted by molar-refractivity contribution is -0.870. The zero-order valence-electron chi connectivity index (χ0n) is 36.3. The molecule has 0 bridgehead atoms. The Morgan fingerprint density at radius 2 is 1.11 bits per heavy atom. The van der Waals surface area contributed by atoms with Crippen molar-refractivity contribution in [2.24, 2.45) is 0 Å². The number of ether oxygens (including phenoxy) is 2. The number of hydrogen-bond acceptors (Lipinski definition) is 10. The van der Waals surface area contributed by atoms with Crippen LogP contribution in [0.15, 0.2) is 24.3 Å². The van der Waals surface area contributed by atoms with Gasteiger partial charge in [0.25, 0.3) is 7.82 Å². The zero-order valence-corrected chi connectivity index (χ0v) is 37.2. The van der Waals surface area contributed by atoms with Gasteiger partial charge in [-0.1, -0.05) is 128 Å². The number of nitrogens with zero attached hydrogens (tertiary/aromatic N) is 1. The lowest BCUT2D eigenvalue weighted by Gasteiger charge is -2.28. The molecule has 0 radical (unpaired) electrons. The predicted octanol–water partition coefficient (Wildman–Crippen LogP) is 9.67. The van der Waals surface area contributed by atoms with Crippen molar-refractivity contribution in [3.8, 4) is 0 Å². The molecular formula is C44H84NO10P. The summed E-state index contributed by atoms with van der Waals surface area (Å²) in [5.41, 5.74) is 0. The second-order valence-electron chi connectivity index (χ2n) is 16.4. The van der Waals surface area contributed by atoms with E-state index in [4.69, 9.17) is 18.5 Å². The number of aliphatic hydroxyl groups is 2. The molecule has 0 saturated heterocycles. The molecule has 0 rings (SSSR count). The maximum atomic E-state index is 12.7. The Hall–Kier alpha value is -1.59. The van der Waals surface area contributed by atoms with Gasteiger partial charge in [-0.25, -0.2) is 0 Å². The number of aliphatic hydroxyl groups excluding tert-OH is 2. The maximum absolute atomic E-state index is 12.7. The first-order valence-corrected chi connectivity index (χ1v) is 23.7. The highest BCUT2D eigenvalue weighted by Crippen LogP contribution is 2.38. The molecule has 0 saturated carbocycles. The van der Waals surface area contributed by atoms with Crippen LogP contribution >= 0.6 is 7.82 Å². The molecule has 0 spiro atoms. The molecule has 0 aromatic heterocycles. The van der Waals surface area contributed by atoms with Crippen LogP contribution in [0, 0.1) is 0 Å². The third kappa shape index (κ3) is 38.0. The minimum Gasteiger partial charge on any atom is -0.756 e. The van der Waals surface area contributed by atoms with E-state index < -0.39 is 44.7 Å². The number of quaternary nitrogens is 1. The second-order valence-corrected chi connectivity index (χ2v) is 17.8. The molecule has 1 unspecified atom stereocenters. The summed E-state index contributed by atoms with van der Waals surface area (Å²) in [6.45, 7) is 3.97. The Morgan fingerprint density at radius 3 is 1.70 bits per heavy atom. The first-order chi connectivity index (χ1) is 26.8. The van der Waals surface area contributed by atoms with E-state index in [-0.39, 0.29) is 26.1 Å². The summed E-state index contributed by atoms with van der Waals surface area (Å²) in [6, 6.07) is 0. The van der Waals surface area contributed by atoms with E-state index in [1.165, 1.54) is 64.2 Å². The van der Waals surface area contributed by atoms with E-state index in [1.807, 2.05) is 27.2 Å². The largest absolute Gasteiger partial charge is 0.756 e. The fraction of sp³-hybridized carbons (Fsp3) is 0.864. The molecule has 0 aliphatic carbocycles. The molecule has 56 heavy (non-hydrogen) atoms. The van der Waals surface area contributed by atoms with Gasteiger partial charge in [0, 0.05) is 12.8 Å². The highest BCUT2D eigenvalue weighted by atomic mass is 31.2. The van der Waals surface area contributed by atoms with Crippen molar-refractivity contribution in [1.29, 1.82) is 0 Å². The Kier molecular flexibility index (Phi) is 35.5. The highest BCUT2D eigenvalue weighted by Gasteiger charge is 2.22. The fourth-order valence-electron chi connectivity index (χ4n) is 5.97. The third-order valence-corrected chi connectivity index (χ3v) is 10.6. The number of allylic oxidation sites excluding steroid dienone is 3. The van der Waals surface area contributed by atoms with Crippen LogP contribution < -0.4 is 4.89 Å². The van der Waals surface area contributed by atoms with Crippen LogP contribution in [0.1, 0.15) is 181 Å². The van der Waals surface area contributed by atoms with Crippen LogP contribution in [-0.4, -0.2) is 92.5 Å². The number of rotatable bonds is 40. The molecule has 11 nitrogen and oxygen atoms in total. The molecule has 330 valence electrons. The first kappa shape index (κ1) is 54.4. The van der Waals surface area contributed by atoms with Crippen LogP contribution in [0.4, 0.5) is 0 Å².